The minimum atomic E-state index is -0.171. The molecule has 1 amide bonds. The van der Waals surface area contributed by atoms with E-state index in [0.717, 1.165) is 0 Å². The summed E-state index contributed by atoms with van der Waals surface area (Å²) in [7, 11) is 4.85. The number of carbonyl (C=O) groups excluding carboxylic acids is 1. The number of rotatable bonds is 4. The Morgan fingerprint density at radius 3 is 2.25 bits per heavy atom. The first-order valence-corrected chi connectivity index (χ1v) is 4.03. The monoisotopic (exact) mass is 174 g/mol. The van der Waals surface area contributed by atoms with E-state index in [9.17, 15) is 4.79 Å². The number of amides is 1. The number of hydroxylamine groups is 2. The Morgan fingerprint density at radius 2 is 2.00 bits per heavy atom. The Morgan fingerprint density at radius 1 is 1.50 bits per heavy atom. The lowest BCUT2D eigenvalue weighted by molar-refractivity contribution is -0.172. The zero-order chi connectivity index (χ0) is 9.72. The first-order valence-electron chi connectivity index (χ1n) is 4.03. The summed E-state index contributed by atoms with van der Waals surface area (Å²) in [5.74, 6) is 0.218. The highest BCUT2D eigenvalue weighted by molar-refractivity contribution is 5.80. The second-order valence-corrected chi connectivity index (χ2v) is 3.03. The van der Waals surface area contributed by atoms with E-state index in [-0.39, 0.29) is 17.9 Å². The van der Waals surface area contributed by atoms with Gasteiger partial charge < -0.3 is 5.32 Å². The summed E-state index contributed by atoms with van der Waals surface area (Å²) in [6.07, 6.45) is 0. The number of hydrogen-bond donors (Lipinski definition) is 1. The molecule has 0 aliphatic carbocycles. The number of nitrogens with one attached hydrogen (secondary N) is 1. The van der Waals surface area contributed by atoms with Gasteiger partial charge in [0.15, 0.2) is 0 Å². The number of likely N-dealkylation sites (N-methyl/N-ethyl adjacent to an activating group) is 2. The molecular weight excluding hydrogens is 156 g/mol. The van der Waals surface area contributed by atoms with Gasteiger partial charge in [0.1, 0.15) is 0 Å². The molecule has 0 aromatic rings. The van der Waals surface area contributed by atoms with Crippen molar-refractivity contribution in [2.75, 3.05) is 21.2 Å². The van der Waals surface area contributed by atoms with Gasteiger partial charge in [-0.2, -0.15) is 0 Å². The van der Waals surface area contributed by atoms with E-state index in [1.807, 2.05) is 13.8 Å². The van der Waals surface area contributed by atoms with Gasteiger partial charge in [0.05, 0.1) is 13.2 Å². The molecule has 4 heteroatoms. The lowest BCUT2D eigenvalue weighted by Crippen LogP contribution is -2.46. The van der Waals surface area contributed by atoms with Crippen molar-refractivity contribution >= 4 is 5.91 Å². The lowest BCUT2D eigenvalue weighted by Gasteiger charge is -2.23. The molecule has 12 heavy (non-hydrogen) atoms. The molecule has 0 aromatic heterocycles. The van der Waals surface area contributed by atoms with Crippen LogP contribution in [0, 0.1) is 5.92 Å². The molecule has 1 atom stereocenters. The Hall–Kier alpha value is -0.610. The second-order valence-electron chi connectivity index (χ2n) is 3.03. The van der Waals surface area contributed by atoms with Gasteiger partial charge in [-0.1, -0.05) is 13.8 Å². The first kappa shape index (κ1) is 11.4. The molecule has 0 radical (unpaired) electrons. The van der Waals surface area contributed by atoms with Gasteiger partial charge in [0, 0.05) is 7.05 Å². The van der Waals surface area contributed by atoms with E-state index in [2.05, 4.69) is 5.32 Å². The maximum atomic E-state index is 11.5. The topological polar surface area (TPSA) is 41.6 Å². The number of carbonyl (C=O) groups is 1. The van der Waals surface area contributed by atoms with E-state index < -0.39 is 0 Å². The van der Waals surface area contributed by atoms with Crippen LogP contribution in [-0.4, -0.2) is 38.2 Å². The molecule has 0 rings (SSSR count). The van der Waals surface area contributed by atoms with Crippen molar-refractivity contribution in [2.45, 2.75) is 19.9 Å². The van der Waals surface area contributed by atoms with E-state index in [1.54, 1.807) is 14.1 Å². The summed E-state index contributed by atoms with van der Waals surface area (Å²) >= 11 is 0. The van der Waals surface area contributed by atoms with Crippen LogP contribution in [0.3, 0.4) is 0 Å². The molecule has 0 aromatic carbocycles. The predicted octanol–water partition coefficient (Wildman–Crippen LogP) is 0.250. The zero-order valence-corrected chi connectivity index (χ0v) is 8.42. The Bertz CT molecular complexity index is 148. The van der Waals surface area contributed by atoms with Gasteiger partial charge in [0.25, 0.3) is 5.91 Å². The maximum Gasteiger partial charge on any atom is 0.263 e. The van der Waals surface area contributed by atoms with Crippen molar-refractivity contribution in [2.24, 2.45) is 5.92 Å². The summed E-state index contributed by atoms with van der Waals surface area (Å²) in [5.41, 5.74) is 0. The number of nitrogens with zero attached hydrogens (tertiary/aromatic N) is 1. The highest BCUT2D eigenvalue weighted by Gasteiger charge is 2.23. The summed E-state index contributed by atoms with van der Waals surface area (Å²) < 4.78 is 0. The van der Waals surface area contributed by atoms with Crippen LogP contribution in [0.2, 0.25) is 0 Å². The fourth-order valence-corrected chi connectivity index (χ4v) is 1.03. The molecule has 0 saturated heterocycles. The summed E-state index contributed by atoms with van der Waals surface area (Å²) in [5, 5.41) is 4.18. The van der Waals surface area contributed by atoms with Crippen molar-refractivity contribution in [3.05, 3.63) is 0 Å². The average Bonchev–Trinajstić information content (AvgIpc) is 2.03. The van der Waals surface area contributed by atoms with Crippen molar-refractivity contribution in [3.8, 4) is 0 Å². The molecule has 0 aliphatic rings. The van der Waals surface area contributed by atoms with Crippen molar-refractivity contribution in [3.63, 3.8) is 0 Å². The van der Waals surface area contributed by atoms with Gasteiger partial charge in [-0.15, -0.1) is 0 Å². The Kier molecular flexibility index (Phi) is 4.85. The van der Waals surface area contributed by atoms with E-state index >= 15 is 0 Å². The summed E-state index contributed by atoms with van der Waals surface area (Å²) in [4.78, 5) is 16.3. The van der Waals surface area contributed by atoms with E-state index in [4.69, 9.17) is 4.84 Å². The van der Waals surface area contributed by atoms with Crippen molar-refractivity contribution < 1.29 is 9.63 Å². The van der Waals surface area contributed by atoms with Crippen LogP contribution in [0.5, 0.6) is 0 Å². The predicted molar refractivity (Wildman–Crippen MR) is 47.5 cm³/mol. The third-order valence-corrected chi connectivity index (χ3v) is 1.83. The van der Waals surface area contributed by atoms with Crippen molar-refractivity contribution in [1.82, 2.24) is 10.4 Å². The molecule has 0 aliphatic heterocycles. The van der Waals surface area contributed by atoms with E-state index in [1.165, 1.54) is 12.2 Å². The third-order valence-electron chi connectivity index (χ3n) is 1.83. The van der Waals surface area contributed by atoms with Gasteiger partial charge in [-0.25, -0.2) is 5.06 Å². The summed E-state index contributed by atoms with van der Waals surface area (Å²) in [6, 6.07) is -0.171. The third kappa shape index (κ3) is 2.79. The van der Waals surface area contributed by atoms with Gasteiger partial charge in [-0.3, -0.25) is 9.63 Å². The molecule has 1 unspecified atom stereocenters. The van der Waals surface area contributed by atoms with Gasteiger partial charge >= 0.3 is 0 Å². The SMILES string of the molecule is CNC(C(=O)N(C)OC)C(C)C. The molecule has 0 spiro atoms. The largest absolute Gasteiger partial charge is 0.309 e. The minimum absolute atomic E-state index is 0.0463. The highest BCUT2D eigenvalue weighted by Crippen LogP contribution is 2.04. The quantitative estimate of drug-likeness (QED) is 0.621. The fraction of sp³-hybridized carbons (Fsp3) is 0.875. The van der Waals surface area contributed by atoms with Crippen LogP contribution in [0.15, 0.2) is 0 Å². The van der Waals surface area contributed by atoms with Crippen LogP contribution in [0.4, 0.5) is 0 Å². The van der Waals surface area contributed by atoms with E-state index in [0.29, 0.717) is 0 Å². The minimum Gasteiger partial charge on any atom is -0.309 e. The first-order chi connectivity index (χ1) is 5.54. The molecule has 0 fully saturated rings. The van der Waals surface area contributed by atoms with Crippen LogP contribution < -0.4 is 5.32 Å². The second kappa shape index (κ2) is 5.11. The lowest BCUT2D eigenvalue weighted by atomic mass is 10.0. The standard InChI is InChI=1S/C8H18N2O2/c1-6(2)7(9-3)8(11)10(4)12-5/h6-7,9H,1-5H3. The summed E-state index contributed by atoms with van der Waals surface area (Å²) in [6.45, 7) is 3.98. The van der Waals surface area contributed by atoms with Crippen LogP contribution in [0.1, 0.15) is 13.8 Å². The fourth-order valence-electron chi connectivity index (χ4n) is 1.03. The molecular formula is C8H18N2O2. The van der Waals surface area contributed by atoms with Crippen LogP contribution in [0.25, 0.3) is 0 Å². The van der Waals surface area contributed by atoms with Gasteiger partial charge in [-0.05, 0) is 13.0 Å². The molecule has 4 nitrogen and oxygen atoms in total. The van der Waals surface area contributed by atoms with Crippen molar-refractivity contribution in [1.29, 1.82) is 0 Å². The molecule has 0 saturated carbocycles. The Labute approximate surface area is 73.8 Å². The maximum absolute atomic E-state index is 11.5. The average molecular weight is 174 g/mol. The zero-order valence-electron chi connectivity index (χ0n) is 8.42. The van der Waals surface area contributed by atoms with Crippen LogP contribution in [-0.2, 0) is 9.63 Å². The molecule has 0 heterocycles. The Balaban J connectivity index is 4.21. The van der Waals surface area contributed by atoms with Gasteiger partial charge in [0.2, 0.25) is 0 Å². The smallest absolute Gasteiger partial charge is 0.263 e. The highest BCUT2D eigenvalue weighted by atomic mass is 16.7. The molecule has 1 N–H and O–H groups in total. The number of hydrogen-bond acceptors (Lipinski definition) is 3. The van der Waals surface area contributed by atoms with Crippen LogP contribution >= 0.6 is 0 Å². The normalized spacial score (nSPS) is 13.2. The molecule has 72 valence electrons. The molecule has 0 bridgehead atoms.